The molecule has 0 unspecified atom stereocenters. The van der Waals surface area contributed by atoms with E-state index in [4.69, 9.17) is 0 Å². The van der Waals surface area contributed by atoms with Crippen LogP contribution in [0.4, 0.5) is 17.1 Å². The van der Waals surface area contributed by atoms with Gasteiger partial charge in [0.25, 0.3) is 0 Å². The summed E-state index contributed by atoms with van der Waals surface area (Å²) in [5.74, 6) is 0. The topological polar surface area (TPSA) is 8.17 Å². The van der Waals surface area contributed by atoms with Crippen LogP contribution in [0.25, 0.3) is 71.6 Å². The molecule has 0 atom stereocenters. The Bertz CT molecular complexity index is 3490. The molecule has 0 fully saturated rings. The molecule has 2 aliphatic carbocycles. The first-order valence-electron chi connectivity index (χ1n) is 21.2. The lowest BCUT2D eigenvalue weighted by atomic mass is 9.70. The van der Waals surface area contributed by atoms with Crippen LogP contribution < -0.4 is 4.90 Å². The first-order valence-corrected chi connectivity index (χ1v) is 21.2. The van der Waals surface area contributed by atoms with Crippen LogP contribution >= 0.6 is 0 Å². The van der Waals surface area contributed by atoms with Gasteiger partial charge in [-0.25, -0.2) is 0 Å². The van der Waals surface area contributed by atoms with E-state index in [0.29, 0.717) is 0 Å². The monoisotopic (exact) mass is 774 g/mol. The fourth-order valence-electron chi connectivity index (χ4n) is 10.8. The number of fused-ring (bicyclic) bond motifs is 14. The molecule has 11 aromatic rings. The van der Waals surface area contributed by atoms with Crippen molar-refractivity contribution >= 4 is 49.6 Å². The highest BCUT2D eigenvalue weighted by atomic mass is 15.1. The van der Waals surface area contributed by atoms with Crippen molar-refractivity contribution in [2.45, 2.75) is 5.41 Å². The summed E-state index contributed by atoms with van der Waals surface area (Å²) in [5, 5.41) is 5.00. The lowest BCUT2D eigenvalue weighted by Crippen LogP contribution is -2.25. The Kier molecular flexibility index (Phi) is 7.26. The molecule has 1 heterocycles. The van der Waals surface area contributed by atoms with E-state index in [0.717, 1.165) is 17.1 Å². The maximum atomic E-state index is 2.42. The van der Waals surface area contributed by atoms with Gasteiger partial charge in [0.1, 0.15) is 0 Å². The number of hydrogen-bond acceptors (Lipinski definition) is 1. The molecule has 0 saturated heterocycles. The van der Waals surface area contributed by atoms with Crippen LogP contribution in [0.1, 0.15) is 22.3 Å². The molecule has 61 heavy (non-hydrogen) atoms. The van der Waals surface area contributed by atoms with Crippen molar-refractivity contribution in [3.63, 3.8) is 0 Å². The predicted molar refractivity (Wildman–Crippen MR) is 255 cm³/mol. The minimum absolute atomic E-state index is 0.361. The number of nitrogens with zero attached hydrogens (tertiary/aromatic N) is 2. The minimum Gasteiger partial charge on any atom is -0.310 e. The first kappa shape index (κ1) is 34.0. The van der Waals surface area contributed by atoms with Gasteiger partial charge in [-0.1, -0.05) is 164 Å². The van der Waals surface area contributed by atoms with E-state index in [-0.39, 0.29) is 5.41 Å². The summed E-state index contributed by atoms with van der Waals surface area (Å²) in [5.41, 5.74) is 19.6. The van der Waals surface area contributed by atoms with Crippen LogP contribution in [0.15, 0.2) is 231 Å². The summed E-state index contributed by atoms with van der Waals surface area (Å²) in [4.78, 5) is 2.40. The lowest BCUT2D eigenvalue weighted by molar-refractivity contribution is 0.794. The third-order valence-corrected chi connectivity index (χ3v) is 13.4. The number of anilines is 3. The maximum absolute atomic E-state index is 2.42. The van der Waals surface area contributed by atoms with Gasteiger partial charge in [0.05, 0.1) is 16.4 Å². The molecular formula is C59H38N2. The van der Waals surface area contributed by atoms with Crippen molar-refractivity contribution in [1.82, 2.24) is 4.57 Å². The van der Waals surface area contributed by atoms with E-state index >= 15 is 0 Å². The minimum atomic E-state index is -0.361. The molecular weight excluding hydrogens is 737 g/mol. The number of hydrogen-bond donors (Lipinski definition) is 0. The predicted octanol–water partition coefficient (Wildman–Crippen LogP) is 15.4. The zero-order chi connectivity index (χ0) is 40.1. The highest BCUT2D eigenvalue weighted by Gasteiger charge is 2.51. The zero-order valence-electron chi connectivity index (χ0n) is 33.3. The maximum Gasteiger partial charge on any atom is 0.0725 e. The van der Waals surface area contributed by atoms with Gasteiger partial charge in [0.15, 0.2) is 0 Å². The smallest absolute Gasteiger partial charge is 0.0725 e. The number of aromatic nitrogens is 1. The molecule has 2 heteroatoms. The molecule has 0 aliphatic heterocycles. The Labute approximate surface area is 354 Å². The van der Waals surface area contributed by atoms with Gasteiger partial charge in [-0.15, -0.1) is 0 Å². The van der Waals surface area contributed by atoms with Gasteiger partial charge < -0.3 is 9.47 Å². The summed E-state index contributed by atoms with van der Waals surface area (Å²) in [7, 11) is 0. The zero-order valence-corrected chi connectivity index (χ0v) is 33.3. The van der Waals surface area contributed by atoms with E-state index in [9.17, 15) is 0 Å². The molecule has 2 aliphatic rings. The summed E-state index contributed by atoms with van der Waals surface area (Å²) >= 11 is 0. The number of para-hydroxylation sites is 2. The van der Waals surface area contributed by atoms with Crippen molar-refractivity contribution in [1.29, 1.82) is 0 Å². The van der Waals surface area contributed by atoms with Crippen LogP contribution in [0.3, 0.4) is 0 Å². The largest absolute Gasteiger partial charge is 0.310 e. The first-order chi connectivity index (χ1) is 30.3. The SMILES string of the molecule is c1ccc(N(c2ccc(-c3ccc4c(c3)c3ccccc3n4-c3ccc4ccccc4c3)cc2)c2ccc3c(c2)-c2ccccc2C32c3ccccc3-c3ccccc32)cc1. The molecule has 0 amide bonds. The van der Waals surface area contributed by atoms with Crippen molar-refractivity contribution in [2.24, 2.45) is 0 Å². The third-order valence-electron chi connectivity index (χ3n) is 13.4. The Balaban J connectivity index is 0.924. The summed E-state index contributed by atoms with van der Waals surface area (Å²) < 4.78 is 2.41. The van der Waals surface area contributed by atoms with E-state index in [2.05, 4.69) is 240 Å². The van der Waals surface area contributed by atoms with E-state index < -0.39 is 0 Å². The molecule has 10 aromatic carbocycles. The summed E-state index contributed by atoms with van der Waals surface area (Å²) in [6, 6.07) is 85.2. The highest BCUT2D eigenvalue weighted by molar-refractivity contribution is 6.11. The average Bonchev–Trinajstić information content (AvgIpc) is 3.93. The number of rotatable bonds is 5. The van der Waals surface area contributed by atoms with Gasteiger partial charge in [0.2, 0.25) is 0 Å². The quantitative estimate of drug-likeness (QED) is 0.169. The molecule has 13 rings (SSSR count). The van der Waals surface area contributed by atoms with Crippen molar-refractivity contribution in [2.75, 3.05) is 4.90 Å². The second-order valence-electron chi connectivity index (χ2n) is 16.5. The molecule has 0 radical (unpaired) electrons. The van der Waals surface area contributed by atoms with Crippen LogP contribution in [0, 0.1) is 0 Å². The highest BCUT2D eigenvalue weighted by Crippen LogP contribution is 2.63. The van der Waals surface area contributed by atoms with E-state index in [1.807, 2.05) is 0 Å². The Hall–Kier alpha value is -7.94. The van der Waals surface area contributed by atoms with Gasteiger partial charge in [0, 0.05) is 33.5 Å². The van der Waals surface area contributed by atoms with Crippen molar-refractivity contribution in [3.05, 3.63) is 253 Å². The van der Waals surface area contributed by atoms with E-state index in [1.165, 1.54) is 93.9 Å². The third kappa shape index (κ3) is 4.85. The van der Waals surface area contributed by atoms with Gasteiger partial charge in [-0.3, -0.25) is 0 Å². The van der Waals surface area contributed by atoms with Crippen molar-refractivity contribution < 1.29 is 0 Å². The van der Waals surface area contributed by atoms with Gasteiger partial charge in [-0.2, -0.15) is 0 Å². The molecule has 1 aromatic heterocycles. The molecule has 284 valence electrons. The molecule has 0 bridgehead atoms. The Morgan fingerprint density at radius 1 is 0.311 bits per heavy atom. The fourth-order valence-corrected chi connectivity index (χ4v) is 10.8. The lowest BCUT2D eigenvalue weighted by Gasteiger charge is -2.31. The normalized spacial score (nSPS) is 13.0. The molecule has 0 saturated carbocycles. The standard InChI is InChI=1S/C59H38N2/c1-2-16-43(17-3-1)60(46-33-34-56-51(38-46)49-20-8-12-24-55(49)59(56)53-22-10-6-18-47(53)48-19-7-11-23-54(48)59)44-30-26-40(27-31-44)42-29-35-58-52(37-42)50-21-9-13-25-57(50)61(58)45-32-28-39-14-4-5-15-41(39)36-45/h1-38H. The van der Waals surface area contributed by atoms with Crippen molar-refractivity contribution in [3.8, 4) is 39.1 Å². The van der Waals surface area contributed by atoms with Crippen LogP contribution in [-0.4, -0.2) is 4.57 Å². The van der Waals surface area contributed by atoms with Crippen LogP contribution in [0.2, 0.25) is 0 Å². The second kappa shape index (κ2) is 13.0. The van der Waals surface area contributed by atoms with Crippen LogP contribution in [0.5, 0.6) is 0 Å². The molecule has 2 nitrogen and oxygen atoms in total. The molecule has 0 N–H and O–H groups in total. The van der Waals surface area contributed by atoms with E-state index in [1.54, 1.807) is 0 Å². The average molecular weight is 775 g/mol. The fraction of sp³-hybridized carbons (Fsp3) is 0.0169. The molecule has 1 spiro atoms. The van der Waals surface area contributed by atoms with Gasteiger partial charge >= 0.3 is 0 Å². The Morgan fingerprint density at radius 3 is 1.59 bits per heavy atom. The Morgan fingerprint density at radius 2 is 0.852 bits per heavy atom. The van der Waals surface area contributed by atoms with Gasteiger partial charge in [-0.05, 0) is 133 Å². The second-order valence-corrected chi connectivity index (χ2v) is 16.5. The van der Waals surface area contributed by atoms with Crippen LogP contribution in [-0.2, 0) is 5.41 Å². The summed E-state index contributed by atoms with van der Waals surface area (Å²) in [6.07, 6.45) is 0. The number of benzene rings is 10. The summed E-state index contributed by atoms with van der Waals surface area (Å²) in [6.45, 7) is 0.